The zero-order valence-electron chi connectivity index (χ0n) is 6.52. The smallest absolute Gasteiger partial charge is 0.174 e. The predicted molar refractivity (Wildman–Crippen MR) is 48.2 cm³/mol. The predicted octanol–water partition coefficient (Wildman–Crippen LogP) is 1.58. The van der Waals surface area contributed by atoms with Gasteiger partial charge in [-0.25, -0.2) is 4.98 Å². The lowest BCUT2D eigenvalue weighted by Gasteiger charge is -1.94. The Morgan fingerprint density at radius 2 is 2.36 bits per heavy atom. The van der Waals surface area contributed by atoms with E-state index in [1.54, 1.807) is 0 Å². The third kappa shape index (κ3) is 2.04. The number of hydrogen-bond acceptors (Lipinski definition) is 2. The Labute approximate surface area is 74.5 Å². The Morgan fingerprint density at radius 3 is 2.91 bits per heavy atom. The fourth-order valence-corrected chi connectivity index (χ4v) is 1.48. The zero-order chi connectivity index (χ0) is 8.27. The van der Waals surface area contributed by atoms with Crippen molar-refractivity contribution in [3.63, 3.8) is 0 Å². The minimum Gasteiger partial charge on any atom is -0.335 e. The van der Waals surface area contributed by atoms with Gasteiger partial charge in [0.15, 0.2) is 4.73 Å². The fraction of sp³-hybridized carbons (Fsp3) is 0.571. The summed E-state index contributed by atoms with van der Waals surface area (Å²) in [4.78, 5) is 7.31. The van der Waals surface area contributed by atoms with Crippen LogP contribution >= 0.6 is 15.9 Å². The van der Waals surface area contributed by atoms with Crippen molar-refractivity contribution in [2.75, 3.05) is 0 Å². The lowest BCUT2D eigenvalue weighted by molar-refractivity contribution is 0.861. The van der Waals surface area contributed by atoms with Crippen molar-refractivity contribution in [1.29, 1.82) is 0 Å². The molecule has 1 aromatic heterocycles. The molecule has 62 valence electrons. The van der Waals surface area contributed by atoms with E-state index in [-0.39, 0.29) is 0 Å². The first kappa shape index (κ1) is 8.74. The highest BCUT2D eigenvalue weighted by molar-refractivity contribution is 9.10. The molecule has 4 heteroatoms. The monoisotopic (exact) mass is 217 g/mol. The first-order chi connectivity index (χ1) is 5.27. The molecule has 1 aromatic rings. The Kier molecular flexibility index (Phi) is 3.08. The molecule has 0 aliphatic carbocycles. The van der Waals surface area contributed by atoms with Crippen LogP contribution in [0.15, 0.2) is 4.73 Å². The number of hydrogen-bond donors (Lipinski definition) is 2. The molecule has 0 unspecified atom stereocenters. The minimum atomic E-state index is 0.536. The molecule has 1 rings (SSSR count). The van der Waals surface area contributed by atoms with Crippen LogP contribution in [0.5, 0.6) is 0 Å². The average molecular weight is 218 g/mol. The molecule has 11 heavy (non-hydrogen) atoms. The van der Waals surface area contributed by atoms with Crippen molar-refractivity contribution in [3.8, 4) is 0 Å². The number of aromatic nitrogens is 2. The largest absolute Gasteiger partial charge is 0.335 e. The molecule has 3 nitrogen and oxygen atoms in total. The highest BCUT2D eigenvalue weighted by atomic mass is 79.9. The summed E-state index contributed by atoms with van der Waals surface area (Å²) in [6, 6.07) is 0. The molecule has 0 bridgehead atoms. The van der Waals surface area contributed by atoms with Crippen molar-refractivity contribution in [2.45, 2.75) is 26.3 Å². The number of imidazole rings is 1. The normalized spacial score (nSPS) is 10.5. The van der Waals surface area contributed by atoms with E-state index in [0.29, 0.717) is 6.54 Å². The molecule has 0 atom stereocenters. The van der Waals surface area contributed by atoms with Crippen LogP contribution in [0.2, 0.25) is 0 Å². The summed E-state index contributed by atoms with van der Waals surface area (Å²) in [5.74, 6) is 0. The van der Waals surface area contributed by atoms with Gasteiger partial charge < -0.3 is 10.7 Å². The second-order valence-corrected chi connectivity index (χ2v) is 3.16. The van der Waals surface area contributed by atoms with E-state index in [1.807, 2.05) is 0 Å². The molecule has 0 aromatic carbocycles. The van der Waals surface area contributed by atoms with Crippen LogP contribution in [0.3, 0.4) is 0 Å². The van der Waals surface area contributed by atoms with Crippen molar-refractivity contribution in [2.24, 2.45) is 5.73 Å². The van der Waals surface area contributed by atoms with Crippen molar-refractivity contribution < 1.29 is 0 Å². The second-order valence-electron chi connectivity index (χ2n) is 2.41. The summed E-state index contributed by atoms with van der Waals surface area (Å²) in [6.45, 7) is 2.66. The second kappa shape index (κ2) is 3.88. The van der Waals surface area contributed by atoms with E-state index in [2.05, 4.69) is 32.8 Å². The van der Waals surface area contributed by atoms with Gasteiger partial charge in [0.2, 0.25) is 0 Å². The number of nitrogens with two attached hydrogens (primary N) is 1. The van der Waals surface area contributed by atoms with Gasteiger partial charge >= 0.3 is 0 Å². The fourth-order valence-electron chi connectivity index (χ4n) is 1.02. The molecular weight excluding hydrogens is 206 g/mol. The molecule has 0 aliphatic rings. The number of halogens is 1. The van der Waals surface area contributed by atoms with E-state index >= 15 is 0 Å². The molecule has 0 spiro atoms. The lowest BCUT2D eigenvalue weighted by atomic mass is 10.2. The molecule has 3 N–H and O–H groups in total. The van der Waals surface area contributed by atoms with Crippen LogP contribution in [0, 0.1) is 0 Å². The first-order valence-corrected chi connectivity index (χ1v) is 4.50. The van der Waals surface area contributed by atoms with Crippen molar-refractivity contribution in [1.82, 2.24) is 9.97 Å². The lowest BCUT2D eigenvalue weighted by Crippen LogP contribution is -2.00. The molecule has 0 radical (unpaired) electrons. The summed E-state index contributed by atoms with van der Waals surface area (Å²) >= 11 is 3.27. The van der Waals surface area contributed by atoms with Gasteiger partial charge in [-0.05, 0) is 22.4 Å². The van der Waals surface area contributed by atoms with E-state index in [1.165, 1.54) is 0 Å². The summed E-state index contributed by atoms with van der Waals surface area (Å²) in [6.07, 6.45) is 2.10. The molecule has 1 heterocycles. The standard InChI is InChI=1S/C7H12BrN3/c1-2-3-5-6(4-9)11-7(8)10-5/h2-4,9H2,1H3,(H,10,11). The van der Waals surface area contributed by atoms with Gasteiger partial charge in [0.1, 0.15) is 0 Å². The van der Waals surface area contributed by atoms with Gasteiger partial charge in [-0.15, -0.1) is 0 Å². The maximum atomic E-state index is 5.50. The Hall–Kier alpha value is -0.350. The van der Waals surface area contributed by atoms with Gasteiger partial charge in [-0.3, -0.25) is 0 Å². The van der Waals surface area contributed by atoms with Crippen LogP contribution in [0.4, 0.5) is 0 Å². The van der Waals surface area contributed by atoms with Gasteiger partial charge in [0.05, 0.1) is 11.4 Å². The van der Waals surface area contributed by atoms with Crippen LogP contribution < -0.4 is 5.73 Å². The number of aryl methyl sites for hydroxylation is 1. The number of nitrogens with one attached hydrogen (secondary N) is 1. The average Bonchev–Trinajstić information content (AvgIpc) is 2.32. The third-order valence-electron chi connectivity index (χ3n) is 1.53. The van der Waals surface area contributed by atoms with E-state index in [4.69, 9.17) is 5.73 Å². The maximum absolute atomic E-state index is 5.50. The SMILES string of the molecule is CCCc1nc(Br)[nH]c1CN. The van der Waals surface area contributed by atoms with Crippen molar-refractivity contribution in [3.05, 3.63) is 16.1 Å². The number of aromatic amines is 1. The quantitative estimate of drug-likeness (QED) is 0.809. The van der Waals surface area contributed by atoms with Gasteiger partial charge in [0.25, 0.3) is 0 Å². The number of H-pyrrole nitrogens is 1. The van der Waals surface area contributed by atoms with Gasteiger partial charge in [-0.1, -0.05) is 13.3 Å². The summed E-state index contributed by atoms with van der Waals surface area (Å²) in [7, 11) is 0. The van der Waals surface area contributed by atoms with Crippen LogP contribution in [-0.4, -0.2) is 9.97 Å². The Morgan fingerprint density at radius 1 is 1.64 bits per heavy atom. The summed E-state index contributed by atoms with van der Waals surface area (Å²) in [5.41, 5.74) is 7.63. The summed E-state index contributed by atoms with van der Waals surface area (Å²) in [5, 5.41) is 0. The van der Waals surface area contributed by atoms with E-state index in [0.717, 1.165) is 29.0 Å². The van der Waals surface area contributed by atoms with Crippen LogP contribution in [-0.2, 0) is 13.0 Å². The zero-order valence-corrected chi connectivity index (χ0v) is 8.11. The van der Waals surface area contributed by atoms with E-state index in [9.17, 15) is 0 Å². The van der Waals surface area contributed by atoms with Gasteiger partial charge in [0, 0.05) is 6.54 Å². The highest BCUT2D eigenvalue weighted by Crippen LogP contribution is 2.11. The van der Waals surface area contributed by atoms with Crippen molar-refractivity contribution >= 4 is 15.9 Å². The molecule has 0 saturated carbocycles. The minimum absolute atomic E-state index is 0.536. The Balaban J connectivity index is 2.83. The maximum Gasteiger partial charge on any atom is 0.174 e. The molecule has 0 saturated heterocycles. The number of rotatable bonds is 3. The molecule has 0 aliphatic heterocycles. The molecule has 0 fully saturated rings. The Bertz CT molecular complexity index is 232. The topological polar surface area (TPSA) is 54.7 Å². The molecule has 0 amide bonds. The summed E-state index contributed by atoms with van der Waals surface area (Å²) < 4.78 is 0.779. The highest BCUT2D eigenvalue weighted by Gasteiger charge is 2.04. The van der Waals surface area contributed by atoms with Crippen LogP contribution in [0.25, 0.3) is 0 Å². The first-order valence-electron chi connectivity index (χ1n) is 3.71. The van der Waals surface area contributed by atoms with Crippen LogP contribution in [0.1, 0.15) is 24.7 Å². The number of nitrogens with zero attached hydrogens (tertiary/aromatic N) is 1. The van der Waals surface area contributed by atoms with Gasteiger partial charge in [-0.2, -0.15) is 0 Å². The van der Waals surface area contributed by atoms with E-state index < -0.39 is 0 Å². The molecular formula is C7H12BrN3. The third-order valence-corrected chi connectivity index (χ3v) is 1.90.